The van der Waals surface area contributed by atoms with Crippen LogP contribution in [-0.2, 0) is 0 Å². The van der Waals surface area contributed by atoms with Crippen LogP contribution in [0.25, 0.3) is 0 Å². The molecule has 0 saturated heterocycles. The minimum Gasteiger partial charge on any atom is -0.270 e. The number of hydrogen-bond acceptors (Lipinski definition) is 4. The molecule has 0 radical (unpaired) electrons. The van der Waals surface area contributed by atoms with Gasteiger partial charge in [-0.3, -0.25) is 5.84 Å². The van der Waals surface area contributed by atoms with Crippen molar-refractivity contribution in [2.45, 2.75) is 38.1 Å². The molecule has 4 heteroatoms. The minimum absolute atomic E-state index is 0.157. The van der Waals surface area contributed by atoms with Gasteiger partial charge in [0, 0.05) is 12.4 Å². The molecule has 4 nitrogen and oxygen atoms in total. The first-order valence-corrected chi connectivity index (χ1v) is 7.12. The lowest BCUT2D eigenvalue weighted by molar-refractivity contribution is 0.419. The van der Waals surface area contributed by atoms with E-state index in [-0.39, 0.29) is 6.04 Å². The van der Waals surface area contributed by atoms with Crippen LogP contribution in [0.1, 0.15) is 53.7 Å². The van der Waals surface area contributed by atoms with Crippen molar-refractivity contribution in [3.63, 3.8) is 0 Å². The second-order valence-electron chi connectivity index (χ2n) is 5.52. The van der Waals surface area contributed by atoms with E-state index in [2.05, 4.69) is 39.7 Å². The molecular formula is C16H20N4. The summed E-state index contributed by atoms with van der Waals surface area (Å²) in [4.78, 5) is 8.76. The monoisotopic (exact) mass is 268 g/mol. The second kappa shape index (κ2) is 5.69. The Morgan fingerprint density at radius 3 is 2.60 bits per heavy atom. The lowest BCUT2D eigenvalue weighted by Crippen LogP contribution is -2.30. The fraction of sp³-hybridized carbons (Fsp3) is 0.375. The Bertz CT molecular complexity index is 575. The molecule has 0 aliphatic heterocycles. The van der Waals surface area contributed by atoms with E-state index in [1.54, 1.807) is 0 Å². The molecule has 3 rings (SSSR count). The van der Waals surface area contributed by atoms with Gasteiger partial charge >= 0.3 is 0 Å². The molecule has 0 spiro atoms. The van der Waals surface area contributed by atoms with Gasteiger partial charge in [0.2, 0.25) is 0 Å². The summed E-state index contributed by atoms with van der Waals surface area (Å²) in [5.41, 5.74) is 6.41. The average molecular weight is 268 g/mol. The quantitative estimate of drug-likeness (QED) is 0.661. The first kappa shape index (κ1) is 13.2. The van der Waals surface area contributed by atoms with Crippen LogP contribution in [0, 0.1) is 6.92 Å². The highest BCUT2D eigenvalue weighted by atomic mass is 15.2. The van der Waals surface area contributed by atoms with Crippen LogP contribution < -0.4 is 11.3 Å². The summed E-state index contributed by atoms with van der Waals surface area (Å²) in [6, 6.07) is 8.46. The molecule has 1 aliphatic rings. The SMILES string of the molecule is Cc1cnc(C(NN)c2cccc(C3CCC3)c2)nc1. The van der Waals surface area contributed by atoms with Gasteiger partial charge in [-0.25, -0.2) is 15.4 Å². The maximum Gasteiger partial charge on any atom is 0.150 e. The van der Waals surface area contributed by atoms with Gasteiger partial charge in [0.1, 0.15) is 6.04 Å². The van der Waals surface area contributed by atoms with E-state index in [0.717, 1.165) is 11.1 Å². The molecule has 1 saturated carbocycles. The van der Waals surface area contributed by atoms with Gasteiger partial charge in [0.05, 0.1) is 0 Å². The molecule has 1 aromatic carbocycles. The van der Waals surface area contributed by atoms with E-state index >= 15 is 0 Å². The van der Waals surface area contributed by atoms with Crippen LogP contribution in [0.2, 0.25) is 0 Å². The van der Waals surface area contributed by atoms with E-state index in [4.69, 9.17) is 5.84 Å². The third kappa shape index (κ3) is 2.57. The van der Waals surface area contributed by atoms with Gasteiger partial charge in [-0.2, -0.15) is 0 Å². The first-order chi connectivity index (χ1) is 9.78. The van der Waals surface area contributed by atoms with Crippen molar-refractivity contribution in [3.8, 4) is 0 Å². The molecule has 0 bridgehead atoms. The number of nitrogens with two attached hydrogens (primary N) is 1. The van der Waals surface area contributed by atoms with Gasteiger partial charge in [0.15, 0.2) is 5.82 Å². The maximum atomic E-state index is 5.72. The van der Waals surface area contributed by atoms with Gasteiger partial charge < -0.3 is 0 Å². The Balaban J connectivity index is 1.90. The van der Waals surface area contributed by atoms with Crippen molar-refractivity contribution >= 4 is 0 Å². The summed E-state index contributed by atoms with van der Waals surface area (Å²) in [5.74, 6) is 7.14. The number of benzene rings is 1. The fourth-order valence-electron chi connectivity index (χ4n) is 2.61. The molecule has 0 amide bonds. The number of nitrogens with zero attached hydrogens (tertiary/aromatic N) is 2. The Morgan fingerprint density at radius 1 is 1.25 bits per heavy atom. The van der Waals surface area contributed by atoms with Crippen LogP contribution in [0.15, 0.2) is 36.7 Å². The summed E-state index contributed by atoms with van der Waals surface area (Å²) in [6.07, 6.45) is 7.58. The number of rotatable bonds is 4. The molecule has 3 N–H and O–H groups in total. The molecule has 20 heavy (non-hydrogen) atoms. The number of nitrogens with one attached hydrogen (secondary N) is 1. The third-order valence-electron chi connectivity index (χ3n) is 4.05. The van der Waals surface area contributed by atoms with Crippen LogP contribution >= 0.6 is 0 Å². The zero-order valence-corrected chi connectivity index (χ0v) is 11.7. The topological polar surface area (TPSA) is 63.8 Å². The summed E-state index contributed by atoms with van der Waals surface area (Å²) in [5, 5.41) is 0. The highest BCUT2D eigenvalue weighted by Crippen LogP contribution is 2.37. The van der Waals surface area contributed by atoms with Crippen molar-refractivity contribution in [1.29, 1.82) is 0 Å². The summed E-state index contributed by atoms with van der Waals surface area (Å²) >= 11 is 0. The lowest BCUT2D eigenvalue weighted by atomic mass is 9.79. The molecular weight excluding hydrogens is 248 g/mol. The van der Waals surface area contributed by atoms with Crippen molar-refractivity contribution in [3.05, 3.63) is 59.2 Å². The Morgan fingerprint density at radius 2 is 2.00 bits per heavy atom. The summed E-state index contributed by atoms with van der Waals surface area (Å²) in [7, 11) is 0. The molecule has 1 atom stereocenters. The first-order valence-electron chi connectivity index (χ1n) is 7.12. The van der Waals surface area contributed by atoms with Gasteiger partial charge in [-0.05, 0) is 42.4 Å². The largest absolute Gasteiger partial charge is 0.270 e. The predicted octanol–water partition coefficient (Wildman–Crippen LogP) is 2.61. The number of hydrogen-bond donors (Lipinski definition) is 2. The summed E-state index contributed by atoms with van der Waals surface area (Å²) < 4.78 is 0. The molecule has 104 valence electrons. The van der Waals surface area contributed by atoms with E-state index in [1.807, 2.05) is 19.3 Å². The predicted molar refractivity (Wildman–Crippen MR) is 79.0 cm³/mol. The van der Waals surface area contributed by atoms with Gasteiger partial charge in [0.25, 0.3) is 0 Å². The average Bonchev–Trinajstić information content (AvgIpc) is 2.40. The lowest BCUT2D eigenvalue weighted by Gasteiger charge is -2.27. The molecule has 1 heterocycles. The van der Waals surface area contributed by atoms with Crippen LogP contribution in [0.4, 0.5) is 0 Å². The Hall–Kier alpha value is -1.78. The standard InChI is InChI=1S/C16H20N4/c1-11-9-18-16(19-10-11)15(20-17)14-7-3-6-13(8-14)12-4-2-5-12/h3,6-10,12,15,20H,2,4-5,17H2,1H3. The van der Waals surface area contributed by atoms with E-state index in [9.17, 15) is 0 Å². The fourth-order valence-corrected chi connectivity index (χ4v) is 2.61. The van der Waals surface area contributed by atoms with E-state index in [0.29, 0.717) is 11.7 Å². The molecule has 1 unspecified atom stereocenters. The van der Waals surface area contributed by atoms with Crippen molar-refractivity contribution in [2.75, 3.05) is 0 Å². The number of aryl methyl sites for hydroxylation is 1. The van der Waals surface area contributed by atoms with Crippen LogP contribution in [0.3, 0.4) is 0 Å². The zero-order valence-electron chi connectivity index (χ0n) is 11.7. The van der Waals surface area contributed by atoms with Gasteiger partial charge in [-0.15, -0.1) is 0 Å². The Labute approximate surface area is 119 Å². The summed E-state index contributed by atoms with van der Waals surface area (Å²) in [6.45, 7) is 1.98. The number of aromatic nitrogens is 2. The zero-order chi connectivity index (χ0) is 13.9. The molecule has 2 aromatic rings. The highest BCUT2D eigenvalue weighted by Gasteiger charge is 2.21. The minimum atomic E-state index is -0.157. The highest BCUT2D eigenvalue weighted by molar-refractivity contribution is 5.32. The molecule has 1 fully saturated rings. The van der Waals surface area contributed by atoms with Crippen LogP contribution in [0.5, 0.6) is 0 Å². The van der Waals surface area contributed by atoms with E-state index in [1.165, 1.54) is 24.8 Å². The van der Waals surface area contributed by atoms with E-state index < -0.39 is 0 Å². The van der Waals surface area contributed by atoms with Crippen molar-refractivity contribution < 1.29 is 0 Å². The Kier molecular flexibility index (Phi) is 3.76. The second-order valence-corrected chi connectivity index (χ2v) is 5.52. The molecule has 1 aromatic heterocycles. The van der Waals surface area contributed by atoms with Crippen LogP contribution in [-0.4, -0.2) is 9.97 Å². The molecule has 1 aliphatic carbocycles. The number of hydrazine groups is 1. The van der Waals surface area contributed by atoms with Crippen molar-refractivity contribution in [2.24, 2.45) is 5.84 Å². The van der Waals surface area contributed by atoms with Gasteiger partial charge in [-0.1, -0.05) is 30.7 Å². The smallest absolute Gasteiger partial charge is 0.150 e. The third-order valence-corrected chi connectivity index (χ3v) is 4.05. The normalized spacial score (nSPS) is 16.7. The maximum absolute atomic E-state index is 5.72. The van der Waals surface area contributed by atoms with Crippen molar-refractivity contribution in [1.82, 2.24) is 15.4 Å².